The number of allylic oxidation sites excluding steroid dienone is 1. The molecule has 2 aromatic heterocycles. The van der Waals surface area contributed by atoms with Crippen LogP contribution in [-0.2, 0) is 6.54 Å². The van der Waals surface area contributed by atoms with Gasteiger partial charge in [-0.1, -0.05) is 0 Å². The molecule has 0 saturated carbocycles. The van der Waals surface area contributed by atoms with Crippen LogP contribution in [0.25, 0.3) is 6.08 Å². The van der Waals surface area contributed by atoms with Crippen molar-refractivity contribution in [2.24, 2.45) is 0 Å². The van der Waals surface area contributed by atoms with Crippen LogP contribution in [0.5, 0.6) is 0 Å². The van der Waals surface area contributed by atoms with E-state index in [1.165, 1.54) is 4.88 Å². The molecule has 0 aliphatic carbocycles. The van der Waals surface area contributed by atoms with Crippen LogP contribution in [-0.4, -0.2) is 15.6 Å². The molecule has 0 N–H and O–H groups in total. The van der Waals surface area contributed by atoms with Crippen LogP contribution in [0.2, 0.25) is 0 Å². The summed E-state index contributed by atoms with van der Waals surface area (Å²) >= 11 is 1.67. The van der Waals surface area contributed by atoms with Crippen molar-refractivity contribution in [3.63, 3.8) is 0 Å². The summed E-state index contributed by atoms with van der Waals surface area (Å²) in [6, 6.07) is 5.80. The van der Waals surface area contributed by atoms with E-state index in [1.54, 1.807) is 28.2 Å². The highest BCUT2D eigenvalue weighted by Crippen LogP contribution is 2.16. The van der Waals surface area contributed by atoms with E-state index in [0.717, 1.165) is 11.4 Å². The van der Waals surface area contributed by atoms with Gasteiger partial charge in [-0.2, -0.15) is 5.10 Å². The van der Waals surface area contributed by atoms with Crippen LogP contribution in [0.1, 0.15) is 27.2 Å². The highest BCUT2D eigenvalue weighted by atomic mass is 32.1. The minimum absolute atomic E-state index is 0.0525. The first kappa shape index (κ1) is 11.8. The fourth-order valence-corrected chi connectivity index (χ4v) is 2.24. The zero-order valence-corrected chi connectivity index (χ0v) is 10.7. The molecule has 0 saturated heterocycles. The minimum Gasteiger partial charge on any atom is -0.287 e. The smallest absolute Gasteiger partial charge is 0.206 e. The van der Waals surface area contributed by atoms with Crippen molar-refractivity contribution in [2.75, 3.05) is 0 Å². The number of hydrogen-bond donors (Lipinski definition) is 0. The first-order valence-corrected chi connectivity index (χ1v) is 6.33. The van der Waals surface area contributed by atoms with E-state index in [1.807, 2.05) is 38.3 Å². The summed E-state index contributed by atoms with van der Waals surface area (Å²) in [5.74, 6) is -0.0525. The lowest BCUT2D eigenvalue weighted by Crippen LogP contribution is -1.99. The Morgan fingerprint density at radius 1 is 1.47 bits per heavy atom. The van der Waals surface area contributed by atoms with Gasteiger partial charge in [0.05, 0.1) is 0 Å². The van der Waals surface area contributed by atoms with Gasteiger partial charge in [-0.05, 0) is 44.2 Å². The molecule has 0 aliphatic rings. The molecule has 0 unspecified atom stereocenters. The summed E-state index contributed by atoms with van der Waals surface area (Å²) in [4.78, 5) is 14.1. The molecule has 0 aliphatic heterocycles. The Kier molecular flexibility index (Phi) is 3.54. The predicted octanol–water partition coefficient (Wildman–Crippen LogP) is 3.17. The lowest BCUT2D eigenvalue weighted by atomic mass is 10.2. The Balaban J connectivity index is 2.08. The van der Waals surface area contributed by atoms with Crippen molar-refractivity contribution >= 4 is 23.2 Å². The number of aryl methyl sites for hydroxylation is 2. The molecule has 0 fully saturated rings. The Morgan fingerprint density at radius 3 is 2.88 bits per heavy atom. The van der Waals surface area contributed by atoms with Crippen LogP contribution in [0.15, 0.2) is 30.5 Å². The van der Waals surface area contributed by atoms with Crippen molar-refractivity contribution in [1.82, 2.24) is 9.78 Å². The number of carbonyl (C=O) groups excluding carboxylic acids is 1. The van der Waals surface area contributed by atoms with E-state index in [-0.39, 0.29) is 5.78 Å². The van der Waals surface area contributed by atoms with Gasteiger partial charge in [0, 0.05) is 22.5 Å². The van der Waals surface area contributed by atoms with Crippen LogP contribution in [0.4, 0.5) is 0 Å². The van der Waals surface area contributed by atoms with Gasteiger partial charge >= 0.3 is 0 Å². The van der Waals surface area contributed by atoms with Gasteiger partial charge in [-0.3, -0.25) is 9.48 Å². The number of carbonyl (C=O) groups is 1. The molecule has 17 heavy (non-hydrogen) atoms. The van der Waals surface area contributed by atoms with Crippen LogP contribution >= 0.6 is 11.3 Å². The first-order chi connectivity index (χ1) is 8.19. The van der Waals surface area contributed by atoms with Gasteiger partial charge in [0.2, 0.25) is 5.78 Å². The monoisotopic (exact) mass is 246 g/mol. The normalized spacial score (nSPS) is 11.2. The van der Waals surface area contributed by atoms with Gasteiger partial charge in [-0.15, -0.1) is 11.3 Å². The fourth-order valence-electron chi connectivity index (χ4n) is 1.46. The molecule has 0 radical (unpaired) electrons. The number of aromatic nitrogens is 2. The third-order valence-electron chi connectivity index (χ3n) is 2.38. The third-order valence-corrected chi connectivity index (χ3v) is 3.34. The SMILES string of the molecule is CCn1ccc(C(=O)/C=C/c2ccc(C)s2)n1. The average Bonchev–Trinajstić information content (AvgIpc) is 2.94. The molecule has 2 heterocycles. The van der Waals surface area contributed by atoms with Gasteiger partial charge in [0.25, 0.3) is 0 Å². The summed E-state index contributed by atoms with van der Waals surface area (Å²) in [5.41, 5.74) is 0.497. The Labute approximate surface area is 104 Å². The molecule has 0 aromatic carbocycles. The third kappa shape index (κ3) is 2.91. The second-order valence-corrected chi connectivity index (χ2v) is 5.02. The van der Waals surface area contributed by atoms with Crippen molar-refractivity contribution in [1.29, 1.82) is 0 Å². The molecular weight excluding hydrogens is 232 g/mol. The van der Waals surface area contributed by atoms with E-state index in [0.29, 0.717) is 5.69 Å². The van der Waals surface area contributed by atoms with E-state index in [4.69, 9.17) is 0 Å². The van der Waals surface area contributed by atoms with E-state index in [2.05, 4.69) is 5.10 Å². The van der Waals surface area contributed by atoms with E-state index >= 15 is 0 Å². The standard InChI is InChI=1S/C13H14N2OS/c1-3-15-9-8-12(14-15)13(16)7-6-11-5-4-10(2)17-11/h4-9H,3H2,1-2H3/b7-6+. The van der Waals surface area contributed by atoms with Crippen molar-refractivity contribution < 1.29 is 4.79 Å². The molecule has 2 aromatic rings. The van der Waals surface area contributed by atoms with Gasteiger partial charge in [0.15, 0.2) is 0 Å². The van der Waals surface area contributed by atoms with Crippen molar-refractivity contribution in [3.8, 4) is 0 Å². The highest BCUT2D eigenvalue weighted by Gasteiger charge is 2.05. The molecule has 4 heteroatoms. The quantitative estimate of drug-likeness (QED) is 0.613. The summed E-state index contributed by atoms with van der Waals surface area (Å²) in [6.07, 6.45) is 5.23. The maximum Gasteiger partial charge on any atom is 0.206 e. The number of rotatable bonds is 4. The Hall–Kier alpha value is -1.68. The maximum atomic E-state index is 11.8. The van der Waals surface area contributed by atoms with Gasteiger partial charge < -0.3 is 0 Å². The second-order valence-electron chi connectivity index (χ2n) is 3.70. The zero-order valence-electron chi connectivity index (χ0n) is 9.88. The lowest BCUT2D eigenvalue weighted by Gasteiger charge is -1.91. The van der Waals surface area contributed by atoms with Crippen molar-refractivity contribution in [2.45, 2.75) is 20.4 Å². The van der Waals surface area contributed by atoms with E-state index in [9.17, 15) is 4.79 Å². The molecular formula is C13H14N2OS. The predicted molar refractivity (Wildman–Crippen MR) is 70.3 cm³/mol. The summed E-state index contributed by atoms with van der Waals surface area (Å²) in [7, 11) is 0. The second kappa shape index (κ2) is 5.10. The molecule has 0 atom stereocenters. The summed E-state index contributed by atoms with van der Waals surface area (Å²) in [5, 5.41) is 4.17. The number of thiophene rings is 1. The lowest BCUT2D eigenvalue weighted by molar-refractivity contribution is 0.104. The van der Waals surface area contributed by atoms with Crippen LogP contribution in [0.3, 0.4) is 0 Å². The molecule has 2 rings (SSSR count). The largest absolute Gasteiger partial charge is 0.287 e. The maximum absolute atomic E-state index is 11.8. The molecule has 0 amide bonds. The number of hydrogen-bond acceptors (Lipinski definition) is 3. The average molecular weight is 246 g/mol. The van der Waals surface area contributed by atoms with Crippen molar-refractivity contribution in [3.05, 3.63) is 45.9 Å². The number of nitrogens with zero attached hydrogens (tertiary/aromatic N) is 2. The molecule has 0 spiro atoms. The first-order valence-electron chi connectivity index (χ1n) is 5.51. The Morgan fingerprint density at radius 2 is 2.29 bits per heavy atom. The summed E-state index contributed by atoms with van der Waals surface area (Å²) < 4.78 is 1.75. The van der Waals surface area contributed by atoms with Crippen LogP contribution in [0, 0.1) is 6.92 Å². The molecule has 3 nitrogen and oxygen atoms in total. The molecule has 0 bridgehead atoms. The Bertz CT molecular complexity index is 551. The number of ketones is 1. The van der Waals surface area contributed by atoms with Gasteiger partial charge in [0.1, 0.15) is 5.69 Å². The summed E-state index contributed by atoms with van der Waals surface area (Å²) in [6.45, 7) is 4.82. The zero-order chi connectivity index (χ0) is 12.3. The van der Waals surface area contributed by atoms with E-state index < -0.39 is 0 Å². The molecule has 88 valence electrons. The topological polar surface area (TPSA) is 34.9 Å². The fraction of sp³-hybridized carbons (Fsp3) is 0.231. The van der Waals surface area contributed by atoms with Crippen LogP contribution < -0.4 is 0 Å². The van der Waals surface area contributed by atoms with Gasteiger partial charge in [-0.25, -0.2) is 0 Å². The minimum atomic E-state index is -0.0525. The highest BCUT2D eigenvalue weighted by molar-refractivity contribution is 7.12.